The molecular weight excluding hydrogens is 400 g/mol. The van der Waals surface area contributed by atoms with Crippen molar-refractivity contribution in [2.75, 3.05) is 11.9 Å². The molecule has 1 aromatic carbocycles. The van der Waals surface area contributed by atoms with Gasteiger partial charge in [0.25, 0.3) is 11.8 Å². The van der Waals surface area contributed by atoms with Gasteiger partial charge in [-0.25, -0.2) is 0 Å². The van der Waals surface area contributed by atoms with E-state index in [2.05, 4.69) is 21.2 Å². The fraction of sp³-hybridized carbons (Fsp3) is 0.158. The molecule has 3 heterocycles. The Morgan fingerprint density at radius 1 is 1.08 bits per heavy atom. The lowest BCUT2D eigenvalue weighted by Crippen LogP contribution is -2.35. The van der Waals surface area contributed by atoms with Gasteiger partial charge in [0, 0.05) is 18.8 Å². The number of carbonyl (C=O) groups is 2. The molecule has 1 N–H and O–H groups in total. The summed E-state index contributed by atoms with van der Waals surface area (Å²) in [7, 11) is 0. The summed E-state index contributed by atoms with van der Waals surface area (Å²) < 4.78 is 11.0. The number of amides is 2. The fourth-order valence-electron chi connectivity index (χ4n) is 2.99. The molecule has 26 heavy (non-hydrogen) atoms. The second-order valence-electron chi connectivity index (χ2n) is 6.00. The molecule has 0 spiro atoms. The molecule has 1 aliphatic heterocycles. The van der Waals surface area contributed by atoms with Crippen LogP contribution in [-0.4, -0.2) is 23.3 Å². The summed E-state index contributed by atoms with van der Waals surface area (Å²) in [5, 5.41) is 2.82. The molecule has 0 fully saturated rings. The third-order valence-electron chi connectivity index (χ3n) is 4.29. The quantitative estimate of drug-likeness (QED) is 0.700. The highest BCUT2D eigenvalue weighted by Gasteiger charge is 2.23. The van der Waals surface area contributed by atoms with Gasteiger partial charge in [0.2, 0.25) is 0 Å². The Hall–Kier alpha value is -2.80. The largest absolute Gasteiger partial charge is 0.459 e. The van der Waals surface area contributed by atoms with Gasteiger partial charge in [-0.05, 0) is 69.9 Å². The zero-order chi connectivity index (χ0) is 18.1. The molecule has 0 aliphatic carbocycles. The molecule has 0 unspecified atom stereocenters. The number of halogens is 1. The van der Waals surface area contributed by atoms with Crippen molar-refractivity contribution in [1.82, 2.24) is 4.90 Å². The van der Waals surface area contributed by atoms with Gasteiger partial charge < -0.3 is 19.1 Å². The zero-order valence-electron chi connectivity index (χ0n) is 13.7. The van der Waals surface area contributed by atoms with E-state index in [0.717, 1.165) is 12.0 Å². The van der Waals surface area contributed by atoms with Crippen LogP contribution in [0.4, 0.5) is 5.69 Å². The van der Waals surface area contributed by atoms with Gasteiger partial charge in [0.05, 0.1) is 6.26 Å². The highest BCUT2D eigenvalue weighted by atomic mass is 79.9. The minimum Gasteiger partial charge on any atom is -0.459 e. The molecule has 2 amide bonds. The van der Waals surface area contributed by atoms with E-state index in [1.165, 1.54) is 11.8 Å². The van der Waals surface area contributed by atoms with Crippen molar-refractivity contribution in [2.45, 2.75) is 13.0 Å². The fourth-order valence-corrected chi connectivity index (χ4v) is 3.30. The van der Waals surface area contributed by atoms with Crippen molar-refractivity contribution in [3.05, 3.63) is 76.0 Å². The Bertz CT molecular complexity index is 962. The van der Waals surface area contributed by atoms with Crippen molar-refractivity contribution in [3.63, 3.8) is 0 Å². The Labute approximate surface area is 157 Å². The molecule has 3 aromatic rings. The van der Waals surface area contributed by atoms with E-state index in [1.54, 1.807) is 29.2 Å². The number of hydrogen-bond donors (Lipinski definition) is 1. The van der Waals surface area contributed by atoms with E-state index in [0.29, 0.717) is 29.2 Å². The summed E-state index contributed by atoms with van der Waals surface area (Å²) in [5.41, 5.74) is 2.84. The van der Waals surface area contributed by atoms with Crippen LogP contribution in [-0.2, 0) is 13.0 Å². The zero-order valence-corrected chi connectivity index (χ0v) is 15.3. The first-order valence-corrected chi connectivity index (χ1v) is 8.91. The molecule has 0 radical (unpaired) electrons. The van der Waals surface area contributed by atoms with E-state index < -0.39 is 0 Å². The van der Waals surface area contributed by atoms with Crippen LogP contribution in [0.25, 0.3) is 0 Å². The first-order valence-electron chi connectivity index (χ1n) is 8.11. The van der Waals surface area contributed by atoms with Crippen LogP contribution in [0, 0.1) is 0 Å². The molecule has 7 heteroatoms. The maximum Gasteiger partial charge on any atom is 0.291 e. The molecule has 0 bridgehead atoms. The minimum atomic E-state index is -0.324. The number of furan rings is 2. The van der Waals surface area contributed by atoms with Gasteiger partial charge in [-0.3, -0.25) is 9.59 Å². The van der Waals surface area contributed by atoms with Crippen molar-refractivity contribution in [1.29, 1.82) is 0 Å². The topological polar surface area (TPSA) is 75.7 Å². The summed E-state index contributed by atoms with van der Waals surface area (Å²) >= 11 is 3.18. The molecule has 6 nitrogen and oxygen atoms in total. The highest BCUT2D eigenvalue weighted by molar-refractivity contribution is 9.10. The lowest BCUT2D eigenvalue weighted by atomic mass is 9.99. The molecular formula is C19H15BrN2O4. The van der Waals surface area contributed by atoms with Crippen LogP contribution in [0.15, 0.2) is 62.2 Å². The Morgan fingerprint density at radius 3 is 2.69 bits per heavy atom. The van der Waals surface area contributed by atoms with Crippen molar-refractivity contribution >= 4 is 33.4 Å². The Kier molecular flexibility index (Phi) is 4.38. The van der Waals surface area contributed by atoms with Crippen molar-refractivity contribution in [2.24, 2.45) is 0 Å². The Morgan fingerprint density at radius 2 is 1.96 bits per heavy atom. The van der Waals surface area contributed by atoms with Crippen molar-refractivity contribution in [3.8, 4) is 0 Å². The number of rotatable bonds is 3. The van der Waals surface area contributed by atoms with E-state index in [9.17, 15) is 9.59 Å². The van der Waals surface area contributed by atoms with Crippen LogP contribution >= 0.6 is 15.9 Å². The van der Waals surface area contributed by atoms with Crippen LogP contribution in [0.3, 0.4) is 0 Å². The lowest BCUT2D eigenvalue weighted by Gasteiger charge is -2.28. The minimum absolute atomic E-state index is 0.129. The number of anilines is 1. The summed E-state index contributed by atoms with van der Waals surface area (Å²) in [5.74, 6) is 0.107. The van der Waals surface area contributed by atoms with Gasteiger partial charge in [-0.2, -0.15) is 0 Å². The van der Waals surface area contributed by atoms with Gasteiger partial charge in [0.1, 0.15) is 0 Å². The van der Waals surface area contributed by atoms with E-state index >= 15 is 0 Å². The van der Waals surface area contributed by atoms with Gasteiger partial charge in [-0.15, -0.1) is 0 Å². The van der Waals surface area contributed by atoms with E-state index in [1.807, 2.05) is 18.2 Å². The lowest BCUT2D eigenvalue weighted by molar-refractivity contribution is 0.0702. The summed E-state index contributed by atoms with van der Waals surface area (Å²) in [6.45, 7) is 1.11. The number of hydrogen-bond acceptors (Lipinski definition) is 4. The van der Waals surface area contributed by atoms with Crippen molar-refractivity contribution < 1.29 is 18.4 Å². The predicted octanol–water partition coefficient (Wildman–Crippen LogP) is 4.09. The standard InChI is InChI=1S/C19H15BrN2O4/c20-17-6-5-15(26-17)18(23)21-14-4-3-12-7-8-22(11-13(12)10-14)19(24)16-2-1-9-25-16/h1-6,9-10H,7-8,11H2,(H,21,23). The number of nitrogens with one attached hydrogen (secondary N) is 1. The first-order chi connectivity index (χ1) is 12.6. The molecule has 2 aromatic heterocycles. The van der Waals surface area contributed by atoms with Crippen LogP contribution in [0.5, 0.6) is 0 Å². The van der Waals surface area contributed by atoms with Gasteiger partial charge >= 0.3 is 0 Å². The van der Waals surface area contributed by atoms with Gasteiger partial charge in [0.15, 0.2) is 16.2 Å². The van der Waals surface area contributed by atoms with E-state index in [-0.39, 0.29) is 17.6 Å². The summed E-state index contributed by atoms with van der Waals surface area (Å²) in [6, 6.07) is 12.4. The van der Waals surface area contributed by atoms with Crippen LogP contribution < -0.4 is 5.32 Å². The van der Waals surface area contributed by atoms with E-state index in [4.69, 9.17) is 8.83 Å². The summed E-state index contributed by atoms with van der Waals surface area (Å²) in [4.78, 5) is 26.4. The molecule has 0 saturated heterocycles. The van der Waals surface area contributed by atoms with Crippen LogP contribution in [0.2, 0.25) is 0 Å². The normalized spacial score (nSPS) is 13.3. The summed E-state index contributed by atoms with van der Waals surface area (Å²) in [6.07, 6.45) is 2.26. The number of benzene rings is 1. The maximum absolute atomic E-state index is 12.5. The third-order valence-corrected chi connectivity index (χ3v) is 4.72. The second kappa shape index (κ2) is 6.84. The average molecular weight is 415 g/mol. The molecule has 0 saturated carbocycles. The van der Waals surface area contributed by atoms with Gasteiger partial charge in [-0.1, -0.05) is 6.07 Å². The third kappa shape index (κ3) is 3.30. The smallest absolute Gasteiger partial charge is 0.291 e. The average Bonchev–Trinajstić information content (AvgIpc) is 3.32. The molecule has 1 aliphatic rings. The monoisotopic (exact) mass is 414 g/mol. The Balaban J connectivity index is 1.50. The molecule has 4 rings (SSSR count). The van der Waals surface area contributed by atoms with Crippen LogP contribution in [0.1, 0.15) is 32.2 Å². The first kappa shape index (κ1) is 16.7. The SMILES string of the molecule is O=C(Nc1ccc2c(c1)CN(C(=O)c1ccco1)CC2)c1ccc(Br)o1. The number of nitrogens with zero attached hydrogens (tertiary/aromatic N) is 1. The molecule has 132 valence electrons. The predicted molar refractivity (Wildman–Crippen MR) is 98.0 cm³/mol. The highest BCUT2D eigenvalue weighted by Crippen LogP contribution is 2.24. The number of fused-ring (bicyclic) bond motifs is 1. The number of carbonyl (C=O) groups excluding carboxylic acids is 2. The molecule has 0 atom stereocenters. The maximum atomic E-state index is 12.5. The second-order valence-corrected chi connectivity index (χ2v) is 6.78.